The maximum atomic E-state index is 14.2. The van der Waals surface area contributed by atoms with E-state index in [1.165, 1.54) is 23.4 Å². The molecule has 0 atom stereocenters. The number of rotatable bonds is 4. The second kappa shape index (κ2) is 5.84. The van der Waals surface area contributed by atoms with Crippen molar-refractivity contribution in [1.82, 2.24) is 14.8 Å². The van der Waals surface area contributed by atoms with Gasteiger partial charge in [0.2, 0.25) is 5.91 Å². The fraction of sp³-hybridized carbons (Fsp3) is 0.400. The van der Waals surface area contributed by atoms with Crippen molar-refractivity contribution in [3.63, 3.8) is 0 Å². The van der Waals surface area contributed by atoms with Crippen molar-refractivity contribution in [2.24, 2.45) is 11.1 Å². The van der Waals surface area contributed by atoms with Gasteiger partial charge in [-0.1, -0.05) is 12.8 Å². The molecule has 1 aliphatic carbocycles. The lowest BCUT2D eigenvalue weighted by Crippen LogP contribution is -2.40. The zero-order valence-electron chi connectivity index (χ0n) is 12.1. The number of hydrogen-bond acceptors (Lipinski definition) is 4. The van der Waals surface area contributed by atoms with Crippen LogP contribution in [0.4, 0.5) is 10.1 Å². The minimum atomic E-state index is -0.513. The molecule has 1 aromatic carbocycles. The van der Waals surface area contributed by atoms with Gasteiger partial charge >= 0.3 is 0 Å². The molecule has 1 fully saturated rings. The van der Waals surface area contributed by atoms with Crippen molar-refractivity contribution in [1.29, 1.82) is 0 Å². The Labute approximate surface area is 127 Å². The number of hydrogen-bond donors (Lipinski definition) is 2. The van der Waals surface area contributed by atoms with Gasteiger partial charge in [-0.15, -0.1) is 0 Å². The van der Waals surface area contributed by atoms with Crippen LogP contribution in [0.2, 0.25) is 0 Å². The highest BCUT2D eigenvalue weighted by Gasteiger charge is 2.39. The van der Waals surface area contributed by atoms with E-state index in [9.17, 15) is 9.18 Å². The molecule has 1 heterocycles. The average molecular weight is 303 g/mol. The highest BCUT2D eigenvalue weighted by atomic mass is 19.1. The second-order valence-electron chi connectivity index (χ2n) is 5.65. The van der Waals surface area contributed by atoms with Crippen LogP contribution < -0.4 is 11.1 Å². The smallest absolute Gasteiger partial charge is 0.231 e. The Morgan fingerprint density at radius 1 is 1.41 bits per heavy atom. The van der Waals surface area contributed by atoms with Gasteiger partial charge in [0.15, 0.2) is 5.82 Å². The predicted molar refractivity (Wildman–Crippen MR) is 79.9 cm³/mol. The van der Waals surface area contributed by atoms with Gasteiger partial charge in [-0.05, 0) is 31.0 Å². The van der Waals surface area contributed by atoms with Crippen LogP contribution in [0.5, 0.6) is 0 Å². The Morgan fingerprint density at radius 3 is 2.77 bits per heavy atom. The molecule has 116 valence electrons. The zero-order valence-corrected chi connectivity index (χ0v) is 12.1. The standard InChI is InChI=1S/C15H18FN5O/c16-12-7-11(3-4-13(12)21-10-18-9-19-21)20-14(22)15(8-17)5-1-2-6-15/h3-4,7,9-10H,1-2,5-6,8,17H2,(H,20,22). The molecule has 0 radical (unpaired) electrons. The highest BCUT2D eigenvalue weighted by Crippen LogP contribution is 2.38. The molecule has 3 N–H and O–H groups in total. The van der Waals surface area contributed by atoms with Gasteiger partial charge in [-0.2, -0.15) is 5.10 Å². The summed E-state index contributed by atoms with van der Waals surface area (Å²) in [5.74, 6) is -0.600. The number of halogens is 1. The van der Waals surface area contributed by atoms with Gasteiger partial charge in [0.05, 0.1) is 5.41 Å². The summed E-state index contributed by atoms with van der Waals surface area (Å²) in [6.07, 6.45) is 6.33. The molecule has 1 amide bonds. The maximum Gasteiger partial charge on any atom is 0.231 e. The Kier molecular flexibility index (Phi) is 3.89. The van der Waals surface area contributed by atoms with E-state index in [0.717, 1.165) is 25.7 Å². The van der Waals surface area contributed by atoms with Crippen molar-refractivity contribution in [2.45, 2.75) is 25.7 Å². The molecule has 1 saturated carbocycles. The van der Waals surface area contributed by atoms with Crippen molar-refractivity contribution in [3.05, 3.63) is 36.7 Å². The van der Waals surface area contributed by atoms with Crippen LogP contribution in [0.1, 0.15) is 25.7 Å². The van der Waals surface area contributed by atoms with Crippen LogP contribution in [0.15, 0.2) is 30.9 Å². The van der Waals surface area contributed by atoms with Gasteiger partial charge < -0.3 is 11.1 Å². The molecule has 0 spiro atoms. The monoisotopic (exact) mass is 303 g/mol. The molecule has 2 aromatic rings. The minimum Gasteiger partial charge on any atom is -0.329 e. The summed E-state index contributed by atoms with van der Waals surface area (Å²) < 4.78 is 15.5. The van der Waals surface area contributed by atoms with E-state index >= 15 is 0 Å². The lowest BCUT2D eigenvalue weighted by molar-refractivity contribution is -0.124. The first kappa shape index (κ1) is 14.6. The van der Waals surface area contributed by atoms with E-state index in [0.29, 0.717) is 12.2 Å². The fourth-order valence-corrected chi connectivity index (χ4v) is 2.94. The van der Waals surface area contributed by atoms with Crippen LogP contribution in [0.25, 0.3) is 5.69 Å². The Balaban J connectivity index is 1.79. The second-order valence-corrected chi connectivity index (χ2v) is 5.65. The lowest BCUT2D eigenvalue weighted by Gasteiger charge is -2.25. The summed E-state index contributed by atoms with van der Waals surface area (Å²) in [4.78, 5) is 16.2. The van der Waals surface area contributed by atoms with Crippen molar-refractivity contribution in [2.75, 3.05) is 11.9 Å². The topological polar surface area (TPSA) is 85.8 Å². The number of anilines is 1. The third-order valence-corrected chi connectivity index (χ3v) is 4.30. The number of amides is 1. The van der Waals surface area contributed by atoms with Crippen LogP contribution in [0.3, 0.4) is 0 Å². The number of nitrogens with zero attached hydrogens (tertiary/aromatic N) is 3. The first-order valence-corrected chi connectivity index (χ1v) is 7.31. The number of nitrogens with two attached hydrogens (primary N) is 1. The quantitative estimate of drug-likeness (QED) is 0.902. The normalized spacial score (nSPS) is 16.6. The summed E-state index contributed by atoms with van der Waals surface area (Å²) in [6.45, 7) is 0.318. The maximum absolute atomic E-state index is 14.2. The van der Waals surface area contributed by atoms with Gasteiger partial charge in [0.1, 0.15) is 18.3 Å². The van der Waals surface area contributed by atoms with E-state index in [1.807, 2.05) is 0 Å². The molecule has 3 rings (SSSR count). The predicted octanol–water partition coefficient (Wildman–Crippen LogP) is 1.86. The molecule has 0 aliphatic heterocycles. The van der Waals surface area contributed by atoms with E-state index < -0.39 is 11.2 Å². The summed E-state index contributed by atoms with van der Waals surface area (Å²) in [5.41, 5.74) is 5.98. The first-order chi connectivity index (χ1) is 10.6. The first-order valence-electron chi connectivity index (χ1n) is 7.31. The molecule has 22 heavy (non-hydrogen) atoms. The zero-order chi connectivity index (χ0) is 15.6. The largest absolute Gasteiger partial charge is 0.329 e. The summed E-state index contributed by atoms with van der Waals surface area (Å²) in [6, 6.07) is 4.49. The molecular weight excluding hydrogens is 285 g/mol. The Bertz CT molecular complexity index is 665. The van der Waals surface area contributed by atoms with E-state index in [4.69, 9.17) is 5.73 Å². The molecule has 7 heteroatoms. The van der Waals surface area contributed by atoms with Gasteiger partial charge in [-0.3, -0.25) is 4.79 Å². The molecule has 1 aromatic heterocycles. The Morgan fingerprint density at radius 2 is 2.18 bits per heavy atom. The van der Waals surface area contributed by atoms with Crippen LogP contribution >= 0.6 is 0 Å². The molecular formula is C15H18FN5O. The molecule has 0 bridgehead atoms. The molecule has 6 nitrogen and oxygen atoms in total. The van der Waals surface area contributed by atoms with Crippen molar-refractivity contribution < 1.29 is 9.18 Å². The Hall–Kier alpha value is -2.28. The van der Waals surface area contributed by atoms with E-state index in [1.54, 1.807) is 12.1 Å². The SMILES string of the molecule is NCC1(C(=O)Nc2ccc(-n3cncn3)c(F)c2)CCCC1. The summed E-state index contributed by atoms with van der Waals surface area (Å²) in [5, 5.41) is 6.67. The number of nitrogens with one attached hydrogen (secondary N) is 1. The average Bonchev–Trinajstić information content (AvgIpc) is 3.19. The number of benzene rings is 1. The number of carbonyl (C=O) groups is 1. The highest BCUT2D eigenvalue weighted by molar-refractivity contribution is 5.95. The summed E-state index contributed by atoms with van der Waals surface area (Å²) in [7, 11) is 0. The summed E-state index contributed by atoms with van der Waals surface area (Å²) >= 11 is 0. The fourth-order valence-electron chi connectivity index (χ4n) is 2.94. The van der Waals surface area contributed by atoms with Crippen LogP contribution in [-0.2, 0) is 4.79 Å². The van der Waals surface area contributed by atoms with Gasteiger partial charge in [-0.25, -0.2) is 14.1 Å². The van der Waals surface area contributed by atoms with Crippen molar-refractivity contribution >= 4 is 11.6 Å². The van der Waals surface area contributed by atoms with E-state index in [-0.39, 0.29) is 11.6 Å². The molecule has 0 unspecified atom stereocenters. The van der Waals surface area contributed by atoms with Crippen LogP contribution in [0, 0.1) is 11.2 Å². The minimum absolute atomic E-state index is 0.125. The third-order valence-electron chi connectivity index (χ3n) is 4.30. The number of carbonyl (C=O) groups excluding carboxylic acids is 1. The van der Waals surface area contributed by atoms with Crippen LogP contribution in [-0.4, -0.2) is 27.2 Å². The molecule has 0 saturated heterocycles. The lowest BCUT2D eigenvalue weighted by atomic mass is 9.85. The van der Waals surface area contributed by atoms with Crippen molar-refractivity contribution in [3.8, 4) is 5.69 Å². The van der Waals surface area contributed by atoms with E-state index in [2.05, 4.69) is 15.4 Å². The van der Waals surface area contributed by atoms with Gasteiger partial charge in [0.25, 0.3) is 0 Å². The van der Waals surface area contributed by atoms with Gasteiger partial charge in [0, 0.05) is 12.2 Å². The molecule has 1 aliphatic rings. The number of aromatic nitrogens is 3. The third kappa shape index (κ3) is 2.59.